The maximum atomic E-state index is 9.63. The Morgan fingerprint density at radius 1 is 1.35 bits per heavy atom. The first-order valence-electron chi connectivity index (χ1n) is 5.49. The first-order valence-corrected chi connectivity index (χ1v) is 6.31. The van der Waals surface area contributed by atoms with E-state index < -0.39 is 6.10 Å². The smallest absolute Gasteiger partial charge is 0.0957 e. The van der Waals surface area contributed by atoms with Crippen LogP contribution in [0, 0.1) is 0 Å². The molecule has 90 valence electrons. The normalized spacial score (nSPS) is 12.6. The maximum Gasteiger partial charge on any atom is 0.0957 e. The van der Waals surface area contributed by atoms with Gasteiger partial charge in [-0.25, -0.2) is 0 Å². The number of nitrogens with zero attached hydrogens (tertiary/aromatic N) is 3. The van der Waals surface area contributed by atoms with Gasteiger partial charge in [0.2, 0.25) is 0 Å². The third-order valence-electron chi connectivity index (χ3n) is 2.40. The predicted molar refractivity (Wildman–Crippen MR) is 66.8 cm³/mol. The van der Waals surface area contributed by atoms with E-state index in [2.05, 4.69) is 10.1 Å². The van der Waals surface area contributed by atoms with Crippen molar-refractivity contribution in [2.45, 2.75) is 29.2 Å². The van der Waals surface area contributed by atoms with Crippen LogP contribution in [0.1, 0.15) is 25.1 Å². The van der Waals surface area contributed by atoms with Crippen molar-refractivity contribution in [2.75, 3.05) is 0 Å². The lowest BCUT2D eigenvalue weighted by atomic mass is 10.2. The molecule has 0 fully saturated rings. The van der Waals surface area contributed by atoms with Gasteiger partial charge in [0.15, 0.2) is 0 Å². The molecule has 4 nitrogen and oxygen atoms in total. The summed E-state index contributed by atoms with van der Waals surface area (Å²) in [6.45, 7) is 1.94. The van der Waals surface area contributed by atoms with Gasteiger partial charge < -0.3 is 5.11 Å². The molecule has 1 atom stereocenters. The molecule has 0 aliphatic carbocycles. The van der Waals surface area contributed by atoms with E-state index in [0.717, 1.165) is 15.5 Å². The maximum absolute atomic E-state index is 9.63. The second kappa shape index (κ2) is 5.33. The minimum Gasteiger partial charge on any atom is -0.387 e. The highest BCUT2D eigenvalue weighted by atomic mass is 32.2. The van der Waals surface area contributed by atoms with E-state index in [1.807, 2.05) is 38.5 Å². The molecule has 1 N–H and O–H groups in total. The second-order valence-corrected chi connectivity index (χ2v) is 4.94. The second-order valence-electron chi connectivity index (χ2n) is 3.79. The van der Waals surface area contributed by atoms with Gasteiger partial charge in [-0.2, -0.15) is 5.10 Å². The van der Waals surface area contributed by atoms with Crippen molar-refractivity contribution < 1.29 is 5.11 Å². The van der Waals surface area contributed by atoms with E-state index in [-0.39, 0.29) is 0 Å². The lowest BCUT2D eigenvalue weighted by molar-refractivity contribution is 0.169. The molecule has 0 saturated heterocycles. The van der Waals surface area contributed by atoms with Gasteiger partial charge in [-0.15, -0.1) is 0 Å². The molecule has 0 saturated carbocycles. The molecule has 0 bridgehead atoms. The Balaban J connectivity index is 2.08. The predicted octanol–water partition coefficient (Wildman–Crippen LogP) is 2.41. The summed E-state index contributed by atoms with van der Waals surface area (Å²) in [7, 11) is 1.89. The zero-order chi connectivity index (χ0) is 12.3. The highest BCUT2D eigenvalue weighted by Gasteiger charge is 2.06. The zero-order valence-electron chi connectivity index (χ0n) is 9.87. The van der Waals surface area contributed by atoms with Crippen molar-refractivity contribution in [2.24, 2.45) is 7.05 Å². The molecule has 0 aliphatic rings. The zero-order valence-corrected chi connectivity index (χ0v) is 10.7. The topological polar surface area (TPSA) is 50.9 Å². The molecule has 0 aromatic carbocycles. The van der Waals surface area contributed by atoms with Crippen molar-refractivity contribution in [3.63, 3.8) is 0 Å². The van der Waals surface area contributed by atoms with Gasteiger partial charge in [0.1, 0.15) is 0 Å². The first kappa shape index (κ1) is 12.1. The van der Waals surface area contributed by atoms with Crippen LogP contribution in [-0.2, 0) is 7.05 Å². The molecule has 2 aromatic rings. The summed E-state index contributed by atoms with van der Waals surface area (Å²) in [5, 5.41) is 13.7. The number of aliphatic hydroxyl groups is 1. The van der Waals surface area contributed by atoms with E-state index in [4.69, 9.17) is 0 Å². The van der Waals surface area contributed by atoms with Gasteiger partial charge in [0.25, 0.3) is 0 Å². The number of rotatable bonds is 4. The SMILES string of the molecule is CC[C@@H](O)c1ccc(Sc2cnn(C)c2)cn1. The minimum atomic E-state index is -0.465. The summed E-state index contributed by atoms with van der Waals surface area (Å²) >= 11 is 1.61. The third kappa shape index (κ3) is 3.08. The van der Waals surface area contributed by atoms with Crippen LogP contribution in [0.2, 0.25) is 0 Å². The summed E-state index contributed by atoms with van der Waals surface area (Å²) in [5.41, 5.74) is 0.725. The van der Waals surface area contributed by atoms with Gasteiger partial charge in [-0.3, -0.25) is 9.67 Å². The van der Waals surface area contributed by atoms with Crippen molar-refractivity contribution in [1.82, 2.24) is 14.8 Å². The van der Waals surface area contributed by atoms with Crippen molar-refractivity contribution >= 4 is 11.8 Å². The van der Waals surface area contributed by atoms with Crippen LogP contribution in [0.4, 0.5) is 0 Å². The Morgan fingerprint density at radius 3 is 2.71 bits per heavy atom. The summed E-state index contributed by atoms with van der Waals surface area (Å²) in [5.74, 6) is 0. The summed E-state index contributed by atoms with van der Waals surface area (Å²) in [4.78, 5) is 6.38. The quantitative estimate of drug-likeness (QED) is 0.904. The van der Waals surface area contributed by atoms with Crippen molar-refractivity contribution in [3.8, 4) is 0 Å². The molecule has 0 aliphatic heterocycles. The van der Waals surface area contributed by atoms with Crippen molar-refractivity contribution in [3.05, 3.63) is 36.4 Å². The largest absolute Gasteiger partial charge is 0.387 e. The highest BCUT2D eigenvalue weighted by Crippen LogP contribution is 2.27. The fraction of sp³-hybridized carbons (Fsp3) is 0.333. The molecule has 0 radical (unpaired) electrons. The molecular weight excluding hydrogens is 234 g/mol. The van der Waals surface area contributed by atoms with Crippen molar-refractivity contribution in [1.29, 1.82) is 0 Å². The van der Waals surface area contributed by atoms with E-state index in [0.29, 0.717) is 6.42 Å². The highest BCUT2D eigenvalue weighted by molar-refractivity contribution is 7.99. The van der Waals surface area contributed by atoms with E-state index in [9.17, 15) is 5.11 Å². The Kier molecular flexibility index (Phi) is 3.81. The monoisotopic (exact) mass is 249 g/mol. The molecule has 17 heavy (non-hydrogen) atoms. The summed E-state index contributed by atoms with van der Waals surface area (Å²) in [6.07, 6.45) is 5.78. The molecular formula is C12H15N3OS. The van der Waals surface area contributed by atoms with E-state index in [1.165, 1.54) is 0 Å². The minimum absolute atomic E-state index is 0.465. The van der Waals surface area contributed by atoms with Gasteiger partial charge >= 0.3 is 0 Å². The van der Waals surface area contributed by atoms with Crippen LogP contribution in [-0.4, -0.2) is 19.9 Å². The van der Waals surface area contributed by atoms with Crippen LogP contribution in [0.3, 0.4) is 0 Å². The number of pyridine rings is 1. The van der Waals surface area contributed by atoms with Gasteiger partial charge in [-0.05, 0) is 18.6 Å². The van der Waals surface area contributed by atoms with Gasteiger partial charge in [0, 0.05) is 24.3 Å². The Morgan fingerprint density at radius 2 is 2.18 bits per heavy atom. The van der Waals surface area contributed by atoms with Gasteiger partial charge in [0.05, 0.1) is 22.9 Å². The van der Waals surface area contributed by atoms with Crippen LogP contribution in [0.25, 0.3) is 0 Å². The standard InChI is InChI=1S/C12H15N3OS/c1-3-12(16)11-5-4-9(6-13-11)17-10-7-14-15(2)8-10/h4-8,12,16H,3H2,1-2H3/t12-/m1/s1. The van der Waals surface area contributed by atoms with E-state index >= 15 is 0 Å². The fourth-order valence-corrected chi connectivity index (χ4v) is 2.26. The lowest BCUT2D eigenvalue weighted by Crippen LogP contribution is -1.97. The van der Waals surface area contributed by atoms with Crippen LogP contribution >= 0.6 is 11.8 Å². The molecule has 0 amide bonds. The summed E-state index contributed by atoms with van der Waals surface area (Å²) in [6, 6.07) is 3.84. The average Bonchev–Trinajstić information content (AvgIpc) is 2.75. The molecule has 2 heterocycles. The molecule has 2 rings (SSSR count). The Hall–Kier alpha value is -1.33. The van der Waals surface area contributed by atoms with Crippen LogP contribution in [0.15, 0.2) is 40.5 Å². The van der Waals surface area contributed by atoms with Crippen LogP contribution < -0.4 is 0 Å². The fourth-order valence-electron chi connectivity index (χ4n) is 1.45. The summed E-state index contributed by atoms with van der Waals surface area (Å²) < 4.78 is 1.77. The van der Waals surface area contributed by atoms with Gasteiger partial charge in [-0.1, -0.05) is 18.7 Å². The third-order valence-corrected chi connectivity index (χ3v) is 3.33. The Bertz CT molecular complexity index is 481. The molecule has 5 heteroatoms. The Labute approximate surface area is 105 Å². The first-order chi connectivity index (χ1) is 8.19. The molecule has 0 spiro atoms. The number of hydrogen-bond donors (Lipinski definition) is 1. The number of aryl methyl sites for hydroxylation is 1. The molecule has 0 unspecified atom stereocenters. The van der Waals surface area contributed by atoms with E-state index in [1.54, 1.807) is 22.6 Å². The number of aliphatic hydroxyl groups excluding tert-OH is 1. The molecule has 2 aromatic heterocycles. The average molecular weight is 249 g/mol. The number of hydrogen-bond acceptors (Lipinski definition) is 4. The number of aromatic nitrogens is 3. The van der Waals surface area contributed by atoms with Crippen LogP contribution in [0.5, 0.6) is 0 Å². The lowest BCUT2D eigenvalue weighted by Gasteiger charge is -2.07.